The molecule has 0 spiro atoms. The lowest BCUT2D eigenvalue weighted by Gasteiger charge is -2.24. The summed E-state index contributed by atoms with van der Waals surface area (Å²) < 4.78 is 17.1. The van der Waals surface area contributed by atoms with Gasteiger partial charge in [-0.1, -0.05) is 0 Å². The lowest BCUT2D eigenvalue weighted by Crippen LogP contribution is -2.44. The fraction of sp³-hybridized carbons (Fsp3) is 0.556. The number of hydrogen-bond acceptors (Lipinski definition) is 5. The average molecular weight is 361 g/mol. The van der Waals surface area contributed by atoms with Crippen LogP contribution in [0.4, 0.5) is 10.1 Å². The molecule has 1 aliphatic carbocycles. The third kappa shape index (κ3) is 2.43. The van der Waals surface area contributed by atoms with Gasteiger partial charge in [-0.3, -0.25) is 9.36 Å². The molecule has 2 fully saturated rings. The molecule has 140 valence electrons. The van der Waals surface area contributed by atoms with Crippen LogP contribution in [0.15, 0.2) is 15.7 Å². The minimum atomic E-state index is -0.662. The molecule has 1 aliphatic heterocycles. The smallest absolute Gasteiger partial charge is 0.350 e. The van der Waals surface area contributed by atoms with Gasteiger partial charge in [-0.15, -0.1) is 0 Å². The molecule has 2 atom stereocenters. The number of nitrogens with two attached hydrogens (primary N) is 2. The maximum Gasteiger partial charge on any atom is 0.350 e. The van der Waals surface area contributed by atoms with Crippen LogP contribution in [0.2, 0.25) is 0 Å². The molecular formula is C18H24FN5O2. The van der Waals surface area contributed by atoms with Gasteiger partial charge in [-0.2, -0.15) is 4.68 Å². The summed E-state index contributed by atoms with van der Waals surface area (Å²) in [6.45, 7) is 5.12. The second-order valence-corrected chi connectivity index (χ2v) is 7.64. The van der Waals surface area contributed by atoms with E-state index < -0.39 is 17.1 Å². The van der Waals surface area contributed by atoms with E-state index in [-0.39, 0.29) is 17.5 Å². The molecule has 26 heavy (non-hydrogen) atoms. The number of rotatable bonds is 3. The second kappa shape index (κ2) is 5.84. The van der Waals surface area contributed by atoms with Crippen molar-refractivity contribution in [2.45, 2.75) is 45.2 Å². The normalized spacial score (nSPS) is 21.5. The van der Waals surface area contributed by atoms with Crippen LogP contribution in [0.5, 0.6) is 0 Å². The highest BCUT2D eigenvalue weighted by Crippen LogP contribution is 2.39. The van der Waals surface area contributed by atoms with E-state index in [0.29, 0.717) is 40.5 Å². The van der Waals surface area contributed by atoms with Crippen LogP contribution in [0, 0.1) is 18.7 Å². The van der Waals surface area contributed by atoms with E-state index in [1.807, 2.05) is 11.8 Å². The molecule has 0 radical (unpaired) electrons. The standard InChI is InChI=1S/C18H24FN5O2/c1-9-15-13(17(25)24(21)18(26)23(15)12-3-4-12)7-14(19)16(9)22-6-5-11(8-22)10(2)20/h7,10-12H,3-6,8,20-21H2,1-2H3/t10-,11?/m0/s1. The van der Waals surface area contributed by atoms with Gasteiger partial charge in [-0.25, -0.2) is 9.18 Å². The van der Waals surface area contributed by atoms with Crippen molar-refractivity contribution < 1.29 is 4.39 Å². The fourth-order valence-corrected chi connectivity index (χ4v) is 4.14. The summed E-state index contributed by atoms with van der Waals surface area (Å²) in [7, 11) is 0. The van der Waals surface area contributed by atoms with Gasteiger partial charge in [0.25, 0.3) is 5.56 Å². The van der Waals surface area contributed by atoms with E-state index in [4.69, 9.17) is 11.6 Å². The molecule has 2 heterocycles. The van der Waals surface area contributed by atoms with Gasteiger partial charge in [-0.05, 0) is 45.1 Å². The van der Waals surface area contributed by atoms with Crippen molar-refractivity contribution in [3.05, 3.63) is 38.3 Å². The van der Waals surface area contributed by atoms with Crippen molar-refractivity contribution in [1.82, 2.24) is 9.24 Å². The molecule has 2 aliphatic rings. The number of benzene rings is 1. The highest BCUT2D eigenvalue weighted by molar-refractivity contribution is 5.87. The Morgan fingerprint density at radius 2 is 1.96 bits per heavy atom. The highest BCUT2D eigenvalue weighted by atomic mass is 19.1. The zero-order chi connectivity index (χ0) is 18.7. The number of aromatic nitrogens is 2. The lowest BCUT2D eigenvalue weighted by molar-refractivity contribution is 0.487. The molecule has 4 N–H and O–H groups in total. The van der Waals surface area contributed by atoms with Gasteiger partial charge < -0.3 is 16.5 Å². The third-order valence-corrected chi connectivity index (χ3v) is 5.76. The summed E-state index contributed by atoms with van der Waals surface area (Å²) in [6, 6.07) is 1.28. The maximum absolute atomic E-state index is 15.0. The van der Waals surface area contributed by atoms with Crippen LogP contribution < -0.4 is 27.7 Å². The van der Waals surface area contributed by atoms with Gasteiger partial charge in [0.2, 0.25) is 0 Å². The maximum atomic E-state index is 15.0. The van der Waals surface area contributed by atoms with E-state index in [1.54, 1.807) is 11.5 Å². The fourth-order valence-electron chi connectivity index (χ4n) is 4.14. The highest BCUT2D eigenvalue weighted by Gasteiger charge is 2.32. The summed E-state index contributed by atoms with van der Waals surface area (Å²) >= 11 is 0. The zero-order valence-corrected chi connectivity index (χ0v) is 15.0. The first-order chi connectivity index (χ1) is 12.3. The molecule has 0 amide bonds. The van der Waals surface area contributed by atoms with Crippen LogP contribution in [0.25, 0.3) is 10.9 Å². The summed E-state index contributed by atoms with van der Waals surface area (Å²) in [4.78, 5) is 27.0. The van der Waals surface area contributed by atoms with Crippen LogP contribution in [-0.2, 0) is 0 Å². The van der Waals surface area contributed by atoms with Crippen LogP contribution in [0.3, 0.4) is 0 Å². The Balaban J connectivity index is 1.97. The molecule has 1 unspecified atom stereocenters. The van der Waals surface area contributed by atoms with Crippen molar-refractivity contribution in [2.75, 3.05) is 23.8 Å². The number of aryl methyl sites for hydroxylation is 1. The Labute approximate surface area is 150 Å². The Bertz CT molecular complexity index is 1010. The van der Waals surface area contributed by atoms with Crippen LogP contribution >= 0.6 is 0 Å². The van der Waals surface area contributed by atoms with Crippen molar-refractivity contribution in [3.63, 3.8) is 0 Å². The molecule has 8 heteroatoms. The number of hydrogen-bond donors (Lipinski definition) is 2. The summed E-state index contributed by atoms with van der Waals surface area (Å²) in [5, 5.41) is 0.153. The van der Waals surface area contributed by atoms with Gasteiger partial charge in [0.05, 0.1) is 16.6 Å². The minimum Gasteiger partial charge on any atom is -0.369 e. The first kappa shape index (κ1) is 17.1. The van der Waals surface area contributed by atoms with Crippen LogP contribution in [-0.4, -0.2) is 28.4 Å². The van der Waals surface area contributed by atoms with E-state index in [2.05, 4.69) is 0 Å². The Morgan fingerprint density at radius 3 is 2.54 bits per heavy atom. The van der Waals surface area contributed by atoms with Gasteiger partial charge in [0.15, 0.2) is 0 Å². The van der Waals surface area contributed by atoms with Gasteiger partial charge in [0.1, 0.15) is 5.82 Å². The Kier molecular flexibility index (Phi) is 3.83. The van der Waals surface area contributed by atoms with Crippen LogP contribution in [0.1, 0.15) is 37.8 Å². The molecule has 2 aromatic rings. The van der Waals surface area contributed by atoms with Gasteiger partial charge >= 0.3 is 5.69 Å². The number of nitrogen functional groups attached to an aromatic ring is 1. The van der Waals surface area contributed by atoms with Crippen molar-refractivity contribution in [1.29, 1.82) is 0 Å². The minimum absolute atomic E-state index is 0.0211. The molecular weight excluding hydrogens is 337 g/mol. The predicted molar refractivity (Wildman–Crippen MR) is 99.6 cm³/mol. The monoisotopic (exact) mass is 361 g/mol. The second-order valence-electron chi connectivity index (χ2n) is 7.64. The zero-order valence-electron chi connectivity index (χ0n) is 15.0. The number of halogens is 1. The van der Waals surface area contributed by atoms with Crippen molar-refractivity contribution in [2.24, 2.45) is 11.7 Å². The number of nitrogens with zero attached hydrogens (tertiary/aromatic N) is 3. The van der Waals surface area contributed by atoms with E-state index >= 15 is 0 Å². The van der Waals surface area contributed by atoms with E-state index in [9.17, 15) is 14.0 Å². The molecule has 4 rings (SSSR count). The molecule has 0 bridgehead atoms. The van der Waals surface area contributed by atoms with E-state index in [1.165, 1.54) is 6.07 Å². The van der Waals surface area contributed by atoms with Gasteiger partial charge in [0, 0.05) is 30.7 Å². The molecule has 1 aromatic heterocycles. The summed E-state index contributed by atoms with van der Waals surface area (Å²) in [5.41, 5.74) is 6.39. The molecule has 1 saturated heterocycles. The SMILES string of the molecule is Cc1c(N2CCC([C@H](C)N)C2)c(F)cc2c(=O)n(N)c(=O)n(C3CC3)c12. The Hall–Kier alpha value is -2.35. The first-order valence-electron chi connectivity index (χ1n) is 9.07. The largest absolute Gasteiger partial charge is 0.369 e. The predicted octanol–water partition coefficient (Wildman–Crippen LogP) is 0.833. The van der Waals surface area contributed by atoms with Crippen molar-refractivity contribution >= 4 is 16.6 Å². The summed E-state index contributed by atoms with van der Waals surface area (Å²) in [5.74, 6) is 5.49. The molecule has 7 nitrogen and oxygen atoms in total. The van der Waals surface area contributed by atoms with Crippen molar-refractivity contribution in [3.8, 4) is 0 Å². The quantitative estimate of drug-likeness (QED) is 0.789. The topological polar surface area (TPSA) is 99.3 Å². The van der Waals surface area contributed by atoms with E-state index in [0.717, 1.165) is 19.3 Å². The lowest BCUT2D eigenvalue weighted by atomic mass is 10.0. The number of anilines is 1. The molecule has 1 aromatic carbocycles. The molecule has 1 saturated carbocycles. The summed E-state index contributed by atoms with van der Waals surface area (Å²) in [6.07, 6.45) is 2.61. The number of fused-ring (bicyclic) bond motifs is 1. The Morgan fingerprint density at radius 1 is 1.27 bits per heavy atom. The average Bonchev–Trinajstić information content (AvgIpc) is 3.30. The third-order valence-electron chi connectivity index (χ3n) is 5.76. The first-order valence-corrected chi connectivity index (χ1v) is 9.07.